The molecule has 2 heterocycles. The Kier molecular flexibility index (Phi) is 5.75. The molecule has 4 rings (SSSR count). The van der Waals surface area contributed by atoms with Crippen LogP contribution in [0.15, 0.2) is 59.5 Å². The van der Waals surface area contributed by atoms with Crippen molar-refractivity contribution in [2.24, 2.45) is 7.05 Å². The zero-order valence-corrected chi connectivity index (χ0v) is 18.0. The predicted octanol–water partition coefficient (Wildman–Crippen LogP) is 3.21. The third kappa shape index (κ3) is 3.79. The van der Waals surface area contributed by atoms with Crippen LogP contribution in [0.4, 0.5) is 0 Å². The number of aromatic nitrogens is 3. The van der Waals surface area contributed by atoms with Gasteiger partial charge in [0.15, 0.2) is 0 Å². The number of hydrogen-bond acceptors (Lipinski definition) is 4. The summed E-state index contributed by atoms with van der Waals surface area (Å²) < 4.78 is 8.44. The molecule has 1 N–H and O–H groups in total. The molecular formula is C24H26N4O3. The Morgan fingerprint density at radius 1 is 1.16 bits per heavy atom. The highest BCUT2D eigenvalue weighted by atomic mass is 16.5. The maximum absolute atomic E-state index is 13.2. The van der Waals surface area contributed by atoms with E-state index < -0.39 is 6.04 Å². The van der Waals surface area contributed by atoms with E-state index in [0.29, 0.717) is 24.9 Å². The van der Waals surface area contributed by atoms with Crippen LogP contribution in [0, 0.1) is 0 Å². The second-order valence-electron chi connectivity index (χ2n) is 7.54. The second kappa shape index (κ2) is 8.63. The summed E-state index contributed by atoms with van der Waals surface area (Å²) in [6.45, 7) is 2.46. The molecule has 0 fully saturated rings. The number of rotatable bonds is 7. The van der Waals surface area contributed by atoms with Crippen LogP contribution in [-0.2, 0) is 18.3 Å². The molecule has 0 saturated carbocycles. The van der Waals surface area contributed by atoms with Crippen LogP contribution in [0.2, 0.25) is 0 Å². The summed E-state index contributed by atoms with van der Waals surface area (Å²) in [4.78, 5) is 26.1. The van der Waals surface area contributed by atoms with Crippen molar-refractivity contribution in [3.05, 3.63) is 70.6 Å². The van der Waals surface area contributed by atoms with Gasteiger partial charge >= 0.3 is 0 Å². The number of methoxy groups -OCH3 is 1. The highest BCUT2D eigenvalue weighted by Gasteiger charge is 2.25. The van der Waals surface area contributed by atoms with Crippen molar-refractivity contribution in [1.29, 1.82) is 0 Å². The van der Waals surface area contributed by atoms with Crippen LogP contribution in [0.5, 0.6) is 5.75 Å². The summed E-state index contributed by atoms with van der Waals surface area (Å²) in [5.41, 5.74) is 2.24. The number of benzene rings is 2. The van der Waals surface area contributed by atoms with Crippen molar-refractivity contribution in [3.63, 3.8) is 0 Å². The number of carbonyl (C=O) groups is 1. The van der Waals surface area contributed by atoms with Gasteiger partial charge in [-0.05, 0) is 36.6 Å². The van der Waals surface area contributed by atoms with Gasteiger partial charge in [-0.25, -0.2) is 4.68 Å². The summed E-state index contributed by atoms with van der Waals surface area (Å²) >= 11 is 0. The maximum Gasteiger partial charge on any atom is 0.291 e. The van der Waals surface area contributed by atoms with Gasteiger partial charge < -0.3 is 14.6 Å². The monoisotopic (exact) mass is 418 g/mol. The molecule has 0 aliphatic carbocycles. The fourth-order valence-electron chi connectivity index (χ4n) is 4.07. The Labute approximate surface area is 180 Å². The smallest absolute Gasteiger partial charge is 0.291 e. The Morgan fingerprint density at radius 3 is 2.74 bits per heavy atom. The summed E-state index contributed by atoms with van der Waals surface area (Å²) in [6, 6.07) is 15.1. The highest BCUT2D eigenvalue weighted by Crippen LogP contribution is 2.30. The van der Waals surface area contributed by atoms with Crippen molar-refractivity contribution in [1.82, 2.24) is 19.7 Å². The number of carbonyl (C=O) groups excluding carboxylic acids is 1. The van der Waals surface area contributed by atoms with E-state index in [1.54, 1.807) is 20.4 Å². The summed E-state index contributed by atoms with van der Waals surface area (Å²) in [6.07, 6.45) is 2.95. The lowest BCUT2D eigenvalue weighted by Crippen LogP contribution is -2.34. The molecule has 0 aliphatic rings. The number of ether oxygens (including phenoxy) is 1. The average molecular weight is 418 g/mol. The Bertz CT molecular complexity index is 1310. The zero-order valence-electron chi connectivity index (χ0n) is 18.0. The number of nitrogens with one attached hydrogen (secondary N) is 1. The molecule has 0 aliphatic heterocycles. The van der Waals surface area contributed by atoms with Crippen LogP contribution < -0.4 is 15.6 Å². The quantitative estimate of drug-likeness (QED) is 0.500. The normalized spacial score (nSPS) is 12.2. The molecule has 31 heavy (non-hydrogen) atoms. The van der Waals surface area contributed by atoms with E-state index in [9.17, 15) is 9.59 Å². The first kappa shape index (κ1) is 20.7. The Balaban J connectivity index is 1.66. The fourth-order valence-corrected chi connectivity index (χ4v) is 4.07. The third-order valence-corrected chi connectivity index (χ3v) is 5.65. The number of aryl methyl sites for hydroxylation is 1. The lowest BCUT2D eigenvalue weighted by atomic mass is 10.1. The topological polar surface area (TPSA) is 78.2 Å². The third-order valence-electron chi connectivity index (χ3n) is 5.65. The van der Waals surface area contributed by atoms with E-state index in [1.165, 1.54) is 4.68 Å². The minimum absolute atomic E-state index is 0.105. The first-order chi connectivity index (χ1) is 15.0. The predicted molar refractivity (Wildman–Crippen MR) is 122 cm³/mol. The number of nitrogens with zero attached hydrogens (tertiary/aromatic N) is 3. The largest absolute Gasteiger partial charge is 0.497 e. The number of hydrogen-bond donors (Lipinski definition) is 1. The summed E-state index contributed by atoms with van der Waals surface area (Å²) in [5.74, 6) is 0.692. The Hall–Kier alpha value is -3.61. The van der Waals surface area contributed by atoms with Crippen molar-refractivity contribution < 1.29 is 9.53 Å². The van der Waals surface area contributed by atoms with Gasteiger partial charge in [0.1, 0.15) is 17.3 Å². The molecule has 7 heteroatoms. The van der Waals surface area contributed by atoms with Crippen LogP contribution in [0.3, 0.4) is 0 Å². The molecule has 4 aromatic rings. The molecular weight excluding hydrogens is 392 g/mol. The van der Waals surface area contributed by atoms with Crippen molar-refractivity contribution in [2.45, 2.75) is 25.8 Å². The second-order valence-corrected chi connectivity index (χ2v) is 7.54. The van der Waals surface area contributed by atoms with E-state index in [4.69, 9.17) is 4.74 Å². The lowest BCUT2D eigenvalue weighted by molar-refractivity contribution is -0.124. The van der Waals surface area contributed by atoms with Gasteiger partial charge in [0, 0.05) is 24.4 Å². The van der Waals surface area contributed by atoms with E-state index in [0.717, 1.165) is 27.6 Å². The van der Waals surface area contributed by atoms with E-state index in [1.807, 2.05) is 60.0 Å². The van der Waals surface area contributed by atoms with Gasteiger partial charge in [-0.15, -0.1) is 0 Å². The number of fused-ring (bicyclic) bond motifs is 3. The standard InChI is InChI=1S/C24H26N4O3/c1-4-20(23(29)25-13-12-16-8-7-9-17(14-16)31-3)28-21-11-6-5-10-18(21)19-15-26-27(2)24(30)22(19)28/h5-11,14-15,20H,4,12-13H2,1-3H3,(H,25,29). The molecule has 7 nitrogen and oxygen atoms in total. The number of amides is 1. The molecule has 160 valence electrons. The molecule has 0 bridgehead atoms. The molecule has 1 atom stereocenters. The molecule has 2 aromatic carbocycles. The first-order valence-electron chi connectivity index (χ1n) is 10.4. The fraction of sp³-hybridized carbons (Fsp3) is 0.292. The molecule has 0 saturated heterocycles. The summed E-state index contributed by atoms with van der Waals surface area (Å²) in [7, 11) is 3.26. The van der Waals surface area contributed by atoms with Crippen molar-refractivity contribution in [3.8, 4) is 5.75 Å². The molecule has 0 spiro atoms. The van der Waals surface area contributed by atoms with Gasteiger partial charge in [0.2, 0.25) is 5.91 Å². The zero-order chi connectivity index (χ0) is 22.0. The van der Waals surface area contributed by atoms with Crippen LogP contribution in [0.1, 0.15) is 24.9 Å². The minimum Gasteiger partial charge on any atom is -0.497 e. The van der Waals surface area contributed by atoms with Crippen molar-refractivity contribution in [2.75, 3.05) is 13.7 Å². The van der Waals surface area contributed by atoms with Crippen LogP contribution >= 0.6 is 0 Å². The van der Waals surface area contributed by atoms with E-state index >= 15 is 0 Å². The SMILES string of the molecule is CCC(C(=O)NCCc1cccc(OC)c1)n1c2ccccc2c2cnn(C)c(=O)c21. The highest BCUT2D eigenvalue weighted by molar-refractivity contribution is 6.08. The molecule has 2 aromatic heterocycles. The maximum atomic E-state index is 13.2. The van der Waals surface area contributed by atoms with Gasteiger partial charge in [-0.2, -0.15) is 5.10 Å². The van der Waals surface area contributed by atoms with Gasteiger partial charge in [-0.3, -0.25) is 9.59 Å². The molecule has 0 radical (unpaired) electrons. The van der Waals surface area contributed by atoms with Gasteiger partial charge in [0.25, 0.3) is 5.56 Å². The Morgan fingerprint density at radius 2 is 1.97 bits per heavy atom. The first-order valence-corrected chi connectivity index (χ1v) is 10.4. The molecule has 1 unspecified atom stereocenters. The van der Waals surface area contributed by atoms with Gasteiger partial charge in [-0.1, -0.05) is 37.3 Å². The van der Waals surface area contributed by atoms with Gasteiger partial charge in [0.05, 0.1) is 18.8 Å². The number of para-hydroxylation sites is 1. The van der Waals surface area contributed by atoms with E-state index in [2.05, 4.69) is 10.4 Å². The van der Waals surface area contributed by atoms with Crippen molar-refractivity contribution >= 4 is 27.7 Å². The van der Waals surface area contributed by atoms with Crippen LogP contribution in [0.25, 0.3) is 21.8 Å². The lowest BCUT2D eigenvalue weighted by Gasteiger charge is -2.19. The minimum atomic E-state index is -0.497. The average Bonchev–Trinajstić information content (AvgIpc) is 3.12. The molecule has 1 amide bonds. The van der Waals surface area contributed by atoms with Crippen LogP contribution in [-0.4, -0.2) is 33.9 Å². The van der Waals surface area contributed by atoms with E-state index in [-0.39, 0.29) is 11.5 Å². The summed E-state index contributed by atoms with van der Waals surface area (Å²) in [5, 5.41) is 8.91.